The van der Waals surface area contributed by atoms with Crippen LogP contribution in [0.2, 0.25) is 0 Å². The third-order valence-corrected chi connectivity index (χ3v) is 5.02. The van der Waals surface area contributed by atoms with Gasteiger partial charge in [-0.3, -0.25) is 9.69 Å². The molecular formula is C18H21N3O2. The molecule has 0 saturated carbocycles. The molecule has 3 N–H and O–H groups in total. The van der Waals surface area contributed by atoms with Crippen molar-refractivity contribution in [1.29, 1.82) is 0 Å². The third kappa shape index (κ3) is 2.28. The number of aromatic nitrogens is 1. The molecule has 2 aromatic rings. The lowest BCUT2D eigenvalue weighted by atomic mass is 9.80. The molecule has 2 heterocycles. The second-order valence-electron chi connectivity index (χ2n) is 6.44. The molecule has 0 bridgehead atoms. The summed E-state index contributed by atoms with van der Waals surface area (Å²) in [5.74, 6) is -0.183. The Morgan fingerprint density at radius 3 is 3.17 bits per heavy atom. The van der Waals surface area contributed by atoms with Crippen LogP contribution in [0.25, 0.3) is 16.5 Å². The molecule has 23 heavy (non-hydrogen) atoms. The Labute approximate surface area is 135 Å². The summed E-state index contributed by atoms with van der Waals surface area (Å²) in [4.78, 5) is 17.9. The number of benzene rings is 1. The lowest BCUT2D eigenvalue weighted by molar-refractivity contribution is -0.124. The van der Waals surface area contributed by atoms with E-state index in [1.807, 2.05) is 0 Å². The van der Waals surface area contributed by atoms with Crippen LogP contribution in [0.5, 0.6) is 0 Å². The van der Waals surface area contributed by atoms with E-state index in [-0.39, 0.29) is 18.4 Å². The number of aliphatic hydroxyl groups is 1. The Morgan fingerprint density at radius 2 is 2.35 bits per heavy atom. The second-order valence-corrected chi connectivity index (χ2v) is 6.44. The maximum Gasteiger partial charge on any atom is 0.228 e. The Hall–Kier alpha value is -2.11. The van der Waals surface area contributed by atoms with Crippen molar-refractivity contribution in [2.75, 3.05) is 26.7 Å². The van der Waals surface area contributed by atoms with Crippen molar-refractivity contribution in [3.8, 4) is 0 Å². The van der Waals surface area contributed by atoms with Crippen LogP contribution < -0.4 is 5.32 Å². The predicted molar refractivity (Wildman–Crippen MR) is 90.0 cm³/mol. The van der Waals surface area contributed by atoms with Gasteiger partial charge in [0.15, 0.2) is 0 Å². The van der Waals surface area contributed by atoms with Gasteiger partial charge in [0, 0.05) is 36.2 Å². The van der Waals surface area contributed by atoms with Crippen molar-refractivity contribution >= 4 is 22.4 Å². The van der Waals surface area contributed by atoms with Crippen LogP contribution in [0.3, 0.4) is 0 Å². The van der Waals surface area contributed by atoms with Crippen molar-refractivity contribution in [3.05, 3.63) is 41.6 Å². The highest BCUT2D eigenvalue weighted by Gasteiger charge is 2.35. The first-order chi connectivity index (χ1) is 11.2. The molecule has 1 aromatic heterocycles. The van der Waals surface area contributed by atoms with Crippen LogP contribution >= 0.6 is 0 Å². The van der Waals surface area contributed by atoms with E-state index < -0.39 is 0 Å². The number of amides is 1. The molecule has 120 valence electrons. The lowest BCUT2D eigenvalue weighted by Crippen LogP contribution is -2.46. The fraction of sp³-hybridized carbons (Fsp3) is 0.389. The van der Waals surface area contributed by atoms with Crippen molar-refractivity contribution in [2.45, 2.75) is 12.5 Å². The molecule has 2 atom stereocenters. The molecule has 5 nitrogen and oxygen atoms in total. The first-order valence-electron chi connectivity index (χ1n) is 8.09. The summed E-state index contributed by atoms with van der Waals surface area (Å²) in [5.41, 5.74) is 5.00. The number of carbonyl (C=O) groups is 1. The van der Waals surface area contributed by atoms with Crippen molar-refractivity contribution in [3.63, 3.8) is 0 Å². The van der Waals surface area contributed by atoms with E-state index in [4.69, 9.17) is 5.11 Å². The molecule has 1 aliphatic heterocycles. The van der Waals surface area contributed by atoms with Crippen molar-refractivity contribution in [2.24, 2.45) is 5.92 Å². The molecular weight excluding hydrogens is 290 g/mol. The smallest absolute Gasteiger partial charge is 0.228 e. The minimum Gasteiger partial charge on any atom is -0.395 e. The number of hydrogen-bond donors (Lipinski definition) is 3. The maximum absolute atomic E-state index is 12.3. The van der Waals surface area contributed by atoms with E-state index in [0.29, 0.717) is 19.1 Å². The number of H-pyrrole nitrogens is 1. The summed E-state index contributed by atoms with van der Waals surface area (Å²) in [6.45, 7) is 0.990. The zero-order valence-electron chi connectivity index (χ0n) is 13.2. The van der Waals surface area contributed by atoms with E-state index in [1.165, 1.54) is 22.1 Å². The van der Waals surface area contributed by atoms with Gasteiger partial charge in [-0.15, -0.1) is 0 Å². The van der Waals surface area contributed by atoms with E-state index in [0.717, 1.165) is 11.9 Å². The molecule has 1 amide bonds. The average Bonchev–Trinajstić information content (AvgIpc) is 2.98. The average molecular weight is 311 g/mol. The molecule has 0 saturated heterocycles. The van der Waals surface area contributed by atoms with Crippen LogP contribution in [0.4, 0.5) is 0 Å². The molecule has 0 spiro atoms. The number of fused-ring (bicyclic) bond motifs is 2. The largest absolute Gasteiger partial charge is 0.395 e. The Bertz CT molecular complexity index is 793. The van der Waals surface area contributed by atoms with Gasteiger partial charge in [0.25, 0.3) is 0 Å². The number of carbonyl (C=O) groups excluding carboxylic acids is 1. The standard InChI is InChI=1S/C18H21N3O2/c1-21-10-12(18(23)19-5-6-22)7-14-13-3-2-4-15-17(13)11(9-20-15)8-16(14)21/h2-4,7,9,12,16,20,22H,5-6,8,10H2,1H3,(H,19,23)/t12-,16-/m1/s1. The zero-order chi connectivity index (χ0) is 16.0. The number of likely N-dealkylation sites (N-methyl/N-ethyl adjacent to an activating group) is 1. The zero-order valence-corrected chi connectivity index (χ0v) is 13.2. The number of hydrogen-bond acceptors (Lipinski definition) is 3. The topological polar surface area (TPSA) is 68.4 Å². The van der Waals surface area contributed by atoms with Crippen LogP contribution in [0, 0.1) is 5.92 Å². The Kier molecular flexibility index (Phi) is 3.47. The second kappa shape index (κ2) is 5.51. The number of rotatable bonds is 3. The fourth-order valence-electron chi connectivity index (χ4n) is 3.92. The van der Waals surface area contributed by atoms with Gasteiger partial charge in [0.2, 0.25) is 5.91 Å². The van der Waals surface area contributed by atoms with Crippen molar-refractivity contribution in [1.82, 2.24) is 15.2 Å². The highest BCUT2D eigenvalue weighted by atomic mass is 16.3. The summed E-state index contributed by atoms with van der Waals surface area (Å²) in [6, 6.07) is 6.64. The van der Waals surface area contributed by atoms with Crippen molar-refractivity contribution < 1.29 is 9.90 Å². The third-order valence-electron chi connectivity index (χ3n) is 5.02. The van der Waals surface area contributed by atoms with Gasteiger partial charge in [0.05, 0.1) is 12.5 Å². The van der Waals surface area contributed by atoms with Crippen LogP contribution in [-0.4, -0.2) is 53.7 Å². The van der Waals surface area contributed by atoms with E-state index in [2.05, 4.69) is 52.7 Å². The van der Waals surface area contributed by atoms with Gasteiger partial charge in [0.1, 0.15) is 0 Å². The summed E-state index contributed by atoms with van der Waals surface area (Å²) in [7, 11) is 2.09. The van der Waals surface area contributed by atoms with Crippen LogP contribution in [-0.2, 0) is 11.2 Å². The molecule has 4 rings (SSSR count). The van der Waals surface area contributed by atoms with Gasteiger partial charge >= 0.3 is 0 Å². The van der Waals surface area contributed by atoms with Gasteiger partial charge in [-0.25, -0.2) is 0 Å². The molecule has 1 aromatic carbocycles. The number of aliphatic hydroxyl groups excluding tert-OH is 1. The molecule has 2 aliphatic rings. The number of aromatic amines is 1. The number of nitrogens with zero attached hydrogens (tertiary/aromatic N) is 1. The minimum atomic E-state index is -0.173. The molecule has 5 heteroatoms. The van der Waals surface area contributed by atoms with E-state index in [1.54, 1.807) is 0 Å². The normalized spacial score (nSPS) is 23.5. The summed E-state index contributed by atoms with van der Waals surface area (Å²) in [5, 5.41) is 13.0. The van der Waals surface area contributed by atoms with E-state index >= 15 is 0 Å². The first kappa shape index (κ1) is 14.5. The molecule has 0 radical (unpaired) electrons. The van der Waals surface area contributed by atoms with Gasteiger partial charge < -0.3 is 15.4 Å². The first-order valence-corrected chi connectivity index (χ1v) is 8.09. The Morgan fingerprint density at radius 1 is 1.48 bits per heavy atom. The SMILES string of the molecule is CN1C[C@H](C(=O)NCCO)C=C2c3cccc4[nH]cc(c34)C[C@H]21. The fourth-order valence-corrected chi connectivity index (χ4v) is 3.92. The monoisotopic (exact) mass is 311 g/mol. The Balaban J connectivity index is 1.77. The molecule has 0 unspecified atom stereocenters. The summed E-state index contributed by atoms with van der Waals surface area (Å²) in [6.07, 6.45) is 5.21. The summed E-state index contributed by atoms with van der Waals surface area (Å²) >= 11 is 0. The highest BCUT2D eigenvalue weighted by molar-refractivity contribution is 5.99. The van der Waals surface area contributed by atoms with Gasteiger partial charge in [-0.1, -0.05) is 18.2 Å². The quantitative estimate of drug-likeness (QED) is 0.796. The summed E-state index contributed by atoms with van der Waals surface area (Å²) < 4.78 is 0. The maximum atomic E-state index is 12.3. The van der Waals surface area contributed by atoms with Crippen LogP contribution in [0.1, 0.15) is 11.1 Å². The highest BCUT2D eigenvalue weighted by Crippen LogP contribution is 2.40. The number of nitrogens with one attached hydrogen (secondary N) is 2. The predicted octanol–water partition coefficient (Wildman–Crippen LogP) is 1.15. The molecule has 0 fully saturated rings. The molecule has 1 aliphatic carbocycles. The van der Waals surface area contributed by atoms with Gasteiger partial charge in [-0.2, -0.15) is 0 Å². The van der Waals surface area contributed by atoms with Gasteiger partial charge in [-0.05, 0) is 36.2 Å². The lowest BCUT2D eigenvalue weighted by Gasteiger charge is -2.39. The minimum absolute atomic E-state index is 0.0103. The van der Waals surface area contributed by atoms with E-state index in [9.17, 15) is 4.79 Å². The van der Waals surface area contributed by atoms with Crippen LogP contribution in [0.15, 0.2) is 30.5 Å².